The van der Waals surface area contributed by atoms with Crippen molar-refractivity contribution in [3.8, 4) is 33.8 Å². The monoisotopic (exact) mass is 682 g/mol. The molecule has 1 unspecified atom stereocenters. The first-order valence-electron chi connectivity index (χ1n) is 13.9. The molecule has 7 heteroatoms. The smallest absolute Gasteiger partial charge is 0.265 e. The minimum atomic E-state index is -0.789. The second kappa shape index (κ2) is 14.0. The summed E-state index contributed by atoms with van der Waals surface area (Å²) in [5.74, 6) is 0.406. The first-order chi connectivity index (χ1) is 20.9. The van der Waals surface area contributed by atoms with Gasteiger partial charge in [-0.1, -0.05) is 103 Å². The number of hydrogen-bond acceptors (Lipinski definition) is 4. The van der Waals surface area contributed by atoms with Crippen LogP contribution in [0.1, 0.15) is 13.8 Å². The lowest BCUT2D eigenvalue weighted by atomic mass is 10.0. The van der Waals surface area contributed by atoms with Crippen molar-refractivity contribution in [3.63, 3.8) is 0 Å². The van der Waals surface area contributed by atoms with E-state index < -0.39 is 12.2 Å². The highest BCUT2D eigenvalue weighted by Crippen LogP contribution is 2.33. The fourth-order valence-electron chi connectivity index (χ4n) is 4.55. The van der Waals surface area contributed by atoms with Crippen molar-refractivity contribution < 1.29 is 19.1 Å². The van der Waals surface area contributed by atoms with E-state index in [4.69, 9.17) is 9.47 Å². The van der Waals surface area contributed by atoms with Crippen LogP contribution in [0.2, 0.25) is 0 Å². The maximum Gasteiger partial charge on any atom is 0.265 e. The van der Waals surface area contributed by atoms with Gasteiger partial charge in [0.15, 0.2) is 12.2 Å². The molecule has 0 spiro atoms. The molecule has 0 saturated heterocycles. The second-order valence-corrected chi connectivity index (χ2v) is 11.0. The molecule has 0 aromatic heterocycles. The topological polar surface area (TPSA) is 76.7 Å². The zero-order valence-corrected chi connectivity index (χ0v) is 25.9. The predicted octanol–water partition coefficient (Wildman–Crippen LogP) is 8.44. The zero-order chi connectivity index (χ0) is 30.2. The molecule has 2 atom stereocenters. The number of anilines is 2. The van der Waals surface area contributed by atoms with Gasteiger partial charge in [-0.25, -0.2) is 0 Å². The van der Waals surface area contributed by atoms with Gasteiger partial charge in [-0.15, -0.1) is 0 Å². The van der Waals surface area contributed by atoms with E-state index in [1.807, 2.05) is 109 Å². The molecule has 0 aliphatic heterocycles. The fourth-order valence-corrected chi connectivity index (χ4v) is 5.17. The summed E-state index contributed by atoms with van der Waals surface area (Å²) in [6.45, 7) is 3.40. The third-order valence-corrected chi connectivity index (χ3v) is 7.88. The maximum atomic E-state index is 13.1. The van der Waals surface area contributed by atoms with Gasteiger partial charge >= 0.3 is 0 Å². The number of carbonyl (C=O) groups excluding carboxylic acids is 2. The van der Waals surface area contributed by atoms with Crippen LogP contribution >= 0.6 is 22.6 Å². The summed E-state index contributed by atoms with van der Waals surface area (Å²) in [6, 6.07) is 40.4. The first kappa shape index (κ1) is 29.8. The summed E-state index contributed by atoms with van der Waals surface area (Å²) in [4.78, 5) is 26.3. The van der Waals surface area contributed by atoms with Crippen LogP contribution in [0.25, 0.3) is 22.3 Å². The second-order valence-electron chi connectivity index (χ2n) is 9.89. The molecule has 2 amide bonds. The van der Waals surface area contributed by atoms with E-state index in [0.29, 0.717) is 26.4 Å². The Kier molecular flexibility index (Phi) is 9.73. The van der Waals surface area contributed by atoms with Crippen LogP contribution < -0.4 is 20.1 Å². The van der Waals surface area contributed by atoms with Crippen LogP contribution in [0.5, 0.6) is 11.5 Å². The lowest BCUT2D eigenvalue weighted by Gasteiger charge is -2.20. The van der Waals surface area contributed by atoms with Gasteiger partial charge in [0.25, 0.3) is 11.8 Å². The minimum Gasteiger partial charge on any atom is -0.480 e. The maximum absolute atomic E-state index is 13.1. The van der Waals surface area contributed by atoms with Crippen molar-refractivity contribution in [2.24, 2.45) is 0 Å². The van der Waals surface area contributed by atoms with Crippen molar-refractivity contribution in [3.05, 3.63) is 131 Å². The first-order valence-corrected chi connectivity index (χ1v) is 15.0. The molecule has 0 saturated carbocycles. The molecule has 2 N–H and O–H groups in total. The highest BCUT2D eigenvalue weighted by molar-refractivity contribution is 14.1. The van der Waals surface area contributed by atoms with Gasteiger partial charge in [0.2, 0.25) is 0 Å². The molecule has 0 aliphatic rings. The zero-order valence-electron chi connectivity index (χ0n) is 23.8. The van der Waals surface area contributed by atoms with Crippen LogP contribution in [-0.2, 0) is 9.59 Å². The molecule has 0 aliphatic carbocycles. The SMILES string of the molecule is CC(Oc1cccc(O[C@H](C)C(=O)Nc2ccccc2-c2ccccc2)c1I)C(=O)Nc1ccccc1-c1ccccc1. The Balaban J connectivity index is 1.24. The fraction of sp³-hybridized carbons (Fsp3) is 0.111. The van der Waals surface area contributed by atoms with Crippen LogP contribution in [0, 0.1) is 3.57 Å². The van der Waals surface area contributed by atoms with Crippen LogP contribution in [0.15, 0.2) is 127 Å². The van der Waals surface area contributed by atoms with Crippen molar-refractivity contribution in [2.45, 2.75) is 26.1 Å². The van der Waals surface area contributed by atoms with Gasteiger partial charge in [0.05, 0.1) is 3.57 Å². The molecule has 5 aromatic rings. The Labute approximate surface area is 265 Å². The Bertz CT molecular complexity index is 1590. The average molecular weight is 683 g/mol. The summed E-state index contributed by atoms with van der Waals surface area (Å²) >= 11 is 2.11. The van der Waals surface area contributed by atoms with E-state index in [-0.39, 0.29) is 11.8 Å². The molecule has 0 fully saturated rings. The number of nitrogens with one attached hydrogen (secondary N) is 2. The largest absolute Gasteiger partial charge is 0.480 e. The average Bonchev–Trinajstić information content (AvgIpc) is 3.04. The summed E-state index contributed by atoms with van der Waals surface area (Å²) in [7, 11) is 0. The number of halogens is 1. The van der Waals surface area contributed by atoms with Crippen LogP contribution in [-0.4, -0.2) is 24.0 Å². The van der Waals surface area contributed by atoms with Crippen molar-refractivity contribution in [1.29, 1.82) is 0 Å². The molecule has 0 radical (unpaired) electrons. The summed E-state index contributed by atoms with van der Waals surface area (Å²) in [5, 5.41) is 6.00. The molecular weight excluding hydrogens is 651 g/mol. The van der Waals surface area contributed by atoms with Gasteiger partial charge in [-0.05, 0) is 71.8 Å². The lowest BCUT2D eigenvalue weighted by Crippen LogP contribution is -2.31. The Hall–Kier alpha value is -4.63. The molecule has 0 heterocycles. The quantitative estimate of drug-likeness (QED) is 0.145. The molecule has 43 heavy (non-hydrogen) atoms. The van der Waals surface area contributed by atoms with E-state index in [1.54, 1.807) is 32.0 Å². The van der Waals surface area contributed by atoms with Crippen LogP contribution in [0.3, 0.4) is 0 Å². The number of hydrogen-bond donors (Lipinski definition) is 2. The van der Waals surface area contributed by atoms with Crippen LogP contribution in [0.4, 0.5) is 11.4 Å². The molecule has 6 nitrogen and oxygen atoms in total. The predicted molar refractivity (Wildman–Crippen MR) is 180 cm³/mol. The molecule has 216 valence electrons. The molecular formula is C36H31IN2O4. The van der Waals surface area contributed by atoms with Gasteiger partial charge < -0.3 is 20.1 Å². The van der Waals surface area contributed by atoms with Crippen molar-refractivity contribution in [1.82, 2.24) is 0 Å². The van der Waals surface area contributed by atoms with E-state index in [9.17, 15) is 9.59 Å². The Morgan fingerprint density at radius 1 is 0.535 bits per heavy atom. The van der Waals surface area contributed by atoms with Crippen molar-refractivity contribution >= 4 is 45.8 Å². The third-order valence-electron chi connectivity index (χ3n) is 6.81. The number of benzene rings is 5. The van der Waals surface area contributed by atoms with Crippen molar-refractivity contribution in [2.75, 3.05) is 10.6 Å². The minimum absolute atomic E-state index is 0.282. The standard InChI is InChI=1S/C36H31IN2O4/c1-24(35(40)38-30-20-11-9-18-28(30)26-14-5-3-6-15-26)42-32-22-13-23-33(34(32)37)43-25(2)36(41)39-31-21-12-10-19-29(31)27-16-7-4-8-17-27/h3-25H,1-2H3,(H,38,40)(H,39,41)/t24-,25?/m1/s1. The number of para-hydroxylation sites is 2. The number of ether oxygens (including phenoxy) is 2. The third kappa shape index (κ3) is 7.42. The number of rotatable bonds is 10. The summed E-state index contributed by atoms with van der Waals surface area (Å²) < 4.78 is 12.8. The highest BCUT2D eigenvalue weighted by atomic mass is 127. The molecule has 0 bridgehead atoms. The lowest BCUT2D eigenvalue weighted by molar-refractivity contribution is -0.122. The van der Waals surface area contributed by atoms with E-state index >= 15 is 0 Å². The van der Waals surface area contributed by atoms with Gasteiger partial charge in [-0.2, -0.15) is 0 Å². The normalized spacial score (nSPS) is 12.1. The van der Waals surface area contributed by atoms with Gasteiger partial charge in [-0.3, -0.25) is 9.59 Å². The van der Waals surface area contributed by atoms with E-state index in [1.165, 1.54) is 0 Å². The molecule has 5 rings (SSSR count). The number of amides is 2. The Morgan fingerprint density at radius 3 is 1.33 bits per heavy atom. The summed E-state index contributed by atoms with van der Waals surface area (Å²) in [5.41, 5.74) is 5.27. The molecule has 5 aromatic carbocycles. The summed E-state index contributed by atoms with van der Waals surface area (Å²) in [6.07, 6.45) is -1.58. The number of carbonyl (C=O) groups is 2. The van der Waals surface area contributed by atoms with E-state index in [0.717, 1.165) is 22.3 Å². The Morgan fingerprint density at radius 2 is 0.907 bits per heavy atom. The van der Waals surface area contributed by atoms with E-state index in [2.05, 4.69) is 33.2 Å². The van der Waals surface area contributed by atoms with Gasteiger partial charge in [0.1, 0.15) is 11.5 Å². The highest BCUT2D eigenvalue weighted by Gasteiger charge is 2.22. The van der Waals surface area contributed by atoms with Gasteiger partial charge in [0, 0.05) is 22.5 Å².